The maximum Gasteiger partial charge on any atom is 0.244 e. The fraction of sp³-hybridized carbons (Fsp3) is 0.529. The zero-order valence-electron chi connectivity index (χ0n) is 14.4. The van der Waals surface area contributed by atoms with Gasteiger partial charge in [0.15, 0.2) is 5.96 Å². The number of aliphatic imine (C=N–C) groups is 1. The Labute approximate surface area is 161 Å². The number of guanidine groups is 1. The lowest BCUT2D eigenvalue weighted by Gasteiger charge is -2.31. The number of rotatable bonds is 5. The van der Waals surface area contributed by atoms with Crippen LogP contribution in [0.1, 0.15) is 19.4 Å². The van der Waals surface area contributed by atoms with E-state index in [1.807, 2.05) is 49.1 Å². The molecule has 2 rings (SSSR count). The second kappa shape index (κ2) is 10.5. The fourth-order valence-electron chi connectivity index (χ4n) is 2.56. The summed E-state index contributed by atoms with van der Waals surface area (Å²) < 4.78 is 5.48. The summed E-state index contributed by atoms with van der Waals surface area (Å²) in [5, 5.41) is 0. The highest BCUT2D eigenvalue weighted by Gasteiger charge is 2.19. The van der Waals surface area contributed by atoms with Crippen molar-refractivity contribution in [2.75, 3.05) is 32.8 Å². The Balaban J connectivity index is 0.00000288. The molecule has 0 radical (unpaired) electrons. The summed E-state index contributed by atoms with van der Waals surface area (Å²) in [4.78, 5) is 20.4. The molecule has 6 nitrogen and oxygen atoms in total. The van der Waals surface area contributed by atoms with Gasteiger partial charge in [-0.25, -0.2) is 4.99 Å². The van der Waals surface area contributed by atoms with Crippen LogP contribution in [0.3, 0.4) is 0 Å². The van der Waals surface area contributed by atoms with E-state index in [-0.39, 0.29) is 42.5 Å². The van der Waals surface area contributed by atoms with E-state index < -0.39 is 0 Å². The van der Waals surface area contributed by atoms with Gasteiger partial charge in [-0.15, -0.1) is 24.0 Å². The molecule has 0 bridgehead atoms. The average molecular weight is 446 g/mol. The largest absolute Gasteiger partial charge is 0.375 e. The number of halogens is 1. The first-order valence-corrected chi connectivity index (χ1v) is 8.08. The third-order valence-electron chi connectivity index (χ3n) is 3.89. The summed E-state index contributed by atoms with van der Waals surface area (Å²) in [7, 11) is 0. The van der Waals surface area contributed by atoms with Gasteiger partial charge in [0.05, 0.1) is 12.7 Å². The molecule has 2 N–H and O–H groups in total. The minimum atomic E-state index is -0.0133. The number of likely N-dealkylation sites (N-methyl/N-ethyl adjacent to an activating group) is 1. The van der Waals surface area contributed by atoms with Gasteiger partial charge in [-0.2, -0.15) is 0 Å². The van der Waals surface area contributed by atoms with Crippen molar-refractivity contribution < 1.29 is 9.53 Å². The van der Waals surface area contributed by atoms with Crippen molar-refractivity contribution in [3.8, 4) is 0 Å². The molecule has 1 heterocycles. The monoisotopic (exact) mass is 446 g/mol. The highest BCUT2D eigenvalue weighted by molar-refractivity contribution is 14.0. The first-order chi connectivity index (χ1) is 11.1. The van der Waals surface area contributed by atoms with Crippen molar-refractivity contribution in [2.45, 2.75) is 26.5 Å². The van der Waals surface area contributed by atoms with Crippen LogP contribution in [0.15, 0.2) is 35.3 Å². The molecule has 1 unspecified atom stereocenters. The lowest BCUT2D eigenvalue weighted by Crippen LogP contribution is -2.48. The van der Waals surface area contributed by atoms with Crippen LogP contribution in [0.4, 0.5) is 0 Å². The van der Waals surface area contributed by atoms with Crippen LogP contribution in [-0.2, 0) is 16.1 Å². The average Bonchev–Trinajstić information content (AvgIpc) is 2.58. The van der Waals surface area contributed by atoms with E-state index in [0.717, 1.165) is 12.1 Å². The summed E-state index contributed by atoms with van der Waals surface area (Å²) in [5.41, 5.74) is 7.12. The fourth-order valence-corrected chi connectivity index (χ4v) is 2.56. The minimum absolute atomic E-state index is 0. The first kappa shape index (κ1) is 20.7. The van der Waals surface area contributed by atoms with E-state index in [0.29, 0.717) is 32.2 Å². The predicted molar refractivity (Wildman–Crippen MR) is 106 cm³/mol. The number of carbonyl (C=O) groups excluding carboxylic acids is 1. The third-order valence-corrected chi connectivity index (χ3v) is 3.89. The molecule has 0 aliphatic carbocycles. The van der Waals surface area contributed by atoms with Crippen molar-refractivity contribution in [3.63, 3.8) is 0 Å². The second-order valence-electron chi connectivity index (χ2n) is 5.70. The smallest absolute Gasteiger partial charge is 0.244 e. The lowest BCUT2D eigenvalue weighted by molar-refractivity contribution is -0.130. The molecule has 1 amide bonds. The number of hydrogen-bond acceptors (Lipinski definition) is 3. The molecular formula is C17H27IN4O2. The molecule has 1 aromatic rings. The molecule has 1 aliphatic rings. The predicted octanol–water partition coefficient (Wildman–Crippen LogP) is 1.69. The van der Waals surface area contributed by atoms with E-state index in [4.69, 9.17) is 10.5 Å². The highest BCUT2D eigenvalue weighted by atomic mass is 127. The molecule has 1 aliphatic heterocycles. The van der Waals surface area contributed by atoms with Gasteiger partial charge in [0.1, 0.15) is 6.54 Å². The van der Waals surface area contributed by atoms with Crippen molar-refractivity contribution in [3.05, 3.63) is 35.9 Å². The number of nitrogens with zero attached hydrogens (tertiary/aromatic N) is 3. The normalized spacial score (nSPS) is 18.0. The van der Waals surface area contributed by atoms with Gasteiger partial charge in [-0.05, 0) is 19.4 Å². The zero-order valence-corrected chi connectivity index (χ0v) is 16.7. The van der Waals surface area contributed by atoms with E-state index in [1.54, 1.807) is 4.90 Å². The zero-order chi connectivity index (χ0) is 16.7. The quantitative estimate of drug-likeness (QED) is 0.425. The van der Waals surface area contributed by atoms with Crippen LogP contribution in [0, 0.1) is 0 Å². The summed E-state index contributed by atoms with van der Waals surface area (Å²) in [6.07, 6.45) is 0.137. The third kappa shape index (κ3) is 6.27. The molecule has 24 heavy (non-hydrogen) atoms. The van der Waals surface area contributed by atoms with Crippen LogP contribution in [0.2, 0.25) is 0 Å². The molecule has 1 saturated heterocycles. The Bertz CT molecular complexity index is 539. The van der Waals surface area contributed by atoms with Gasteiger partial charge >= 0.3 is 0 Å². The summed E-state index contributed by atoms with van der Waals surface area (Å²) in [6.45, 7) is 7.37. The second-order valence-corrected chi connectivity index (χ2v) is 5.70. The Morgan fingerprint density at radius 2 is 2.12 bits per heavy atom. The van der Waals surface area contributed by atoms with Gasteiger partial charge in [0, 0.05) is 26.2 Å². The van der Waals surface area contributed by atoms with Crippen molar-refractivity contribution in [1.82, 2.24) is 9.80 Å². The Morgan fingerprint density at radius 3 is 2.75 bits per heavy atom. The number of nitrogens with two attached hydrogens (primary N) is 1. The van der Waals surface area contributed by atoms with E-state index in [2.05, 4.69) is 4.99 Å². The summed E-state index contributed by atoms with van der Waals surface area (Å²) >= 11 is 0. The number of morpholine rings is 1. The number of benzene rings is 1. The number of hydrogen-bond donors (Lipinski definition) is 1. The van der Waals surface area contributed by atoms with Crippen LogP contribution >= 0.6 is 24.0 Å². The van der Waals surface area contributed by atoms with Crippen molar-refractivity contribution >= 4 is 35.8 Å². The van der Waals surface area contributed by atoms with Crippen molar-refractivity contribution in [2.24, 2.45) is 10.7 Å². The van der Waals surface area contributed by atoms with Gasteiger partial charge in [0.25, 0.3) is 0 Å². The molecule has 0 saturated carbocycles. The molecule has 0 aromatic heterocycles. The highest BCUT2D eigenvalue weighted by Crippen LogP contribution is 2.06. The van der Waals surface area contributed by atoms with Gasteiger partial charge < -0.3 is 20.3 Å². The first-order valence-electron chi connectivity index (χ1n) is 8.08. The van der Waals surface area contributed by atoms with Gasteiger partial charge in [-0.1, -0.05) is 30.3 Å². The van der Waals surface area contributed by atoms with Crippen LogP contribution < -0.4 is 5.73 Å². The van der Waals surface area contributed by atoms with Gasteiger partial charge in [-0.3, -0.25) is 4.79 Å². The SMILES string of the molecule is CCN(Cc1ccccc1)C(=O)CN=C(N)N1CCOC(C)C1.I. The van der Waals surface area contributed by atoms with Crippen LogP contribution in [0.25, 0.3) is 0 Å². The maximum atomic E-state index is 12.4. The van der Waals surface area contributed by atoms with E-state index >= 15 is 0 Å². The standard InChI is InChI=1S/C17H26N4O2.HI/c1-3-20(13-15-7-5-4-6-8-15)16(22)11-19-17(18)21-9-10-23-14(2)12-21;/h4-8,14H,3,9-13H2,1-2H3,(H2,18,19);1H. The Hall–Kier alpha value is -1.35. The molecule has 7 heteroatoms. The Morgan fingerprint density at radius 1 is 1.42 bits per heavy atom. The number of amides is 1. The van der Waals surface area contributed by atoms with E-state index in [1.165, 1.54) is 0 Å². The summed E-state index contributed by atoms with van der Waals surface area (Å²) in [6, 6.07) is 9.95. The van der Waals surface area contributed by atoms with E-state index in [9.17, 15) is 4.79 Å². The van der Waals surface area contributed by atoms with Crippen LogP contribution in [0.5, 0.6) is 0 Å². The molecule has 134 valence electrons. The van der Waals surface area contributed by atoms with Crippen LogP contribution in [-0.4, -0.2) is 60.6 Å². The Kier molecular flexibility index (Phi) is 9.05. The molecule has 1 atom stereocenters. The molecule has 1 aromatic carbocycles. The lowest BCUT2D eigenvalue weighted by atomic mass is 10.2. The minimum Gasteiger partial charge on any atom is -0.375 e. The molecular weight excluding hydrogens is 419 g/mol. The maximum absolute atomic E-state index is 12.4. The van der Waals surface area contributed by atoms with Crippen molar-refractivity contribution in [1.29, 1.82) is 0 Å². The molecule has 0 spiro atoms. The number of carbonyl (C=O) groups is 1. The number of ether oxygens (including phenoxy) is 1. The topological polar surface area (TPSA) is 71.2 Å². The molecule has 1 fully saturated rings. The van der Waals surface area contributed by atoms with Gasteiger partial charge in [0.2, 0.25) is 5.91 Å². The summed E-state index contributed by atoms with van der Waals surface area (Å²) in [5.74, 6) is 0.407.